The molecule has 0 aliphatic rings. The van der Waals surface area contributed by atoms with Gasteiger partial charge in [-0.15, -0.1) is 0 Å². The number of carboxylic acids is 1. The van der Waals surface area contributed by atoms with Crippen molar-refractivity contribution in [3.05, 3.63) is 35.9 Å². The summed E-state index contributed by atoms with van der Waals surface area (Å²) >= 11 is 0. The van der Waals surface area contributed by atoms with Crippen LogP contribution < -0.4 is 5.32 Å². The molecular formula is C16H23NO3. The number of carbonyl (C=O) groups is 2. The molecule has 4 nitrogen and oxygen atoms in total. The number of carboxylic acid groups (broad SMARTS) is 1. The minimum absolute atomic E-state index is 0.186. The Labute approximate surface area is 120 Å². The van der Waals surface area contributed by atoms with Crippen molar-refractivity contribution in [3.63, 3.8) is 0 Å². The highest BCUT2D eigenvalue weighted by atomic mass is 16.4. The van der Waals surface area contributed by atoms with Crippen LogP contribution in [-0.4, -0.2) is 17.0 Å². The van der Waals surface area contributed by atoms with Crippen LogP contribution in [-0.2, 0) is 15.1 Å². The van der Waals surface area contributed by atoms with Crippen LogP contribution in [0.3, 0.4) is 0 Å². The smallest absolute Gasteiger partial charge is 0.334 e. The SMILES string of the molecule is CCCC(C)C(=O)NC(CC)(C(=O)O)c1ccccc1. The number of nitrogens with one attached hydrogen (secondary N) is 1. The Morgan fingerprint density at radius 1 is 1.25 bits per heavy atom. The van der Waals surface area contributed by atoms with Gasteiger partial charge in [0.25, 0.3) is 0 Å². The van der Waals surface area contributed by atoms with Crippen molar-refractivity contribution in [3.8, 4) is 0 Å². The molecule has 0 radical (unpaired) electrons. The van der Waals surface area contributed by atoms with E-state index in [0.717, 1.165) is 12.8 Å². The van der Waals surface area contributed by atoms with E-state index in [1.165, 1.54) is 0 Å². The summed E-state index contributed by atoms with van der Waals surface area (Å²) in [5, 5.41) is 12.4. The highest BCUT2D eigenvalue weighted by molar-refractivity contribution is 5.89. The van der Waals surface area contributed by atoms with Gasteiger partial charge >= 0.3 is 5.97 Å². The van der Waals surface area contributed by atoms with Crippen LogP contribution in [0.2, 0.25) is 0 Å². The van der Waals surface area contributed by atoms with Crippen LogP contribution in [0.4, 0.5) is 0 Å². The van der Waals surface area contributed by atoms with E-state index in [4.69, 9.17) is 0 Å². The van der Waals surface area contributed by atoms with Crippen LogP contribution >= 0.6 is 0 Å². The molecule has 1 rings (SSSR count). The van der Waals surface area contributed by atoms with Gasteiger partial charge in [0.2, 0.25) is 5.91 Å². The average molecular weight is 277 g/mol. The Morgan fingerprint density at radius 3 is 2.30 bits per heavy atom. The van der Waals surface area contributed by atoms with Crippen molar-refractivity contribution >= 4 is 11.9 Å². The van der Waals surface area contributed by atoms with Crippen molar-refractivity contribution in [1.29, 1.82) is 0 Å². The number of hydrogen-bond donors (Lipinski definition) is 2. The zero-order valence-corrected chi connectivity index (χ0v) is 12.3. The quantitative estimate of drug-likeness (QED) is 0.805. The molecule has 0 bridgehead atoms. The normalized spacial score (nSPS) is 15.2. The highest BCUT2D eigenvalue weighted by Gasteiger charge is 2.40. The molecule has 20 heavy (non-hydrogen) atoms. The van der Waals surface area contributed by atoms with E-state index in [1.54, 1.807) is 31.2 Å². The fourth-order valence-electron chi connectivity index (χ4n) is 2.31. The third kappa shape index (κ3) is 3.38. The van der Waals surface area contributed by atoms with Crippen LogP contribution in [0.1, 0.15) is 45.6 Å². The Balaban J connectivity index is 3.08. The lowest BCUT2D eigenvalue weighted by Gasteiger charge is -2.31. The number of hydrogen-bond acceptors (Lipinski definition) is 2. The van der Waals surface area contributed by atoms with Crippen LogP contribution in [0.5, 0.6) is 0 Å². The molecule has 0 heterocycles. The monoisotopic (exact) mass is 277 g/mol. The zero-order valence-electron chi connectivity index (χ0n) is 12.3. The van der Waals surface area contributed by atoms with Gasteiger partial charge in [0.1, 0.15) is 0 Å². The molecule has 0 saturated carbocycles. The van der Waals surface area contributed by atoms with E-state index in [2.05, 4.69) is 5.32 Å². The minimum Gasteiger partial charge on any atom is -0.479 e. The van der Waals surface area contributed by atoms with E-state index in [1.807, 2.05) is 19.9 Å². The Kier molecular flexibility index (Phi) is 5.74. The summed E-state index contributed by atoms with van der Waals surface area (Å²) in [7, 11) is 0. The van der Waals surface area contributed by atoms with Crippen molar-refractivity contribution in [2.45, 2.75) is 45.6 Å². The maximum absolute atomic E-state index is 12.2. The van der Waals surface area contributed by atoms with Gasteiger partial charge in [-0.3, -0.25) is 4.79 Å². The van der Waals surface area contributed by atoms with Crippen LogP contribution in [0, 0.1) is 5.92 Å². The Hall–Kier alpha value is -1.84. The lowest BCUT2D eigenvalue weighted by atomic mass is 9.86. The predicted molar refractivity (Wildman–Crippen MR) is 78.3 cm³/mol. The minimum atomic E-state index is -1.35. The molecule has 0 spiro atoms. The lowest BCUT2D eigenvalue weighted by Crippen LogP contribution is -2.52. The van der Waals surface area contributed by atoms with E-state index in [-0.39, 0.29) is 11.8 Å². The fraction of sp³-hybridized carbons (Fsp3) is 0.500. The van der Waals surface area contributed by atoms with Crippen molar-refractivity contribution in [2.24, 2.45) is 5.92 Å². The Morgan fingerprint density at radius 2 is 1.85 bits per heavy atom. The molecule has 0 saturated heterocycles. The number of aliphatic carboxylic acids is 1. The first kappa shape index (κ1) is 16.2. The van der Waals surface area contributed by atoms with Gasteiger partial charge in [0, 0.05) is 5.92 Å². The predicted octanol–water partition coefficient (Wildman–Crippen LogP) is 2.93. The number of rotatable bonds is 7. The molecular weight excluding hydrogens is 254 g/mol. The third-order valence-corrected chi connectivity index (χ3v) is 3.67. The van der Waals surface area contributed by atoms with Gasteiger partial charge in [0.15, 0.2) is 5.54 Å². The molecule has 0 aromatic heterocycles. The summed E-state index contributed by atoms with van der Waals surface area (Å²) in [6.45, 7) is 5.60. The largest absolute Gasteiger partial charge is 0.479 e. The molecule has 1 aromatic carbocycles. The Bertz CT molecular complexity index is 458. The maximum Gasteiger partial charge on any atom is 0.334 e. The first-order valence-corrected chi connectivity index (χ1v) is 7.08. The van der Waals surface area contributed by atoms with E-state index in [0.29, 0.717) is 12.0 Å². The summed E-state index contributed by atoms with van der Waals surface area (Å²) in [5.74, 6) is -1.42. The standard InChI is InChI=1S/C16H23NO3/c1-4-9-12(3)14(18)17-16(5-2,15(19)20)13-10-7-6-8-11-13/h6-8,10-12H,4-5,9H2,1-3H3,(H,17,18)(H,19,20). The molecule has 0 aliphatic carbocycles. The van der Waals surface area contributed by atoms with Gasteiger partial charge in [0.05, 0.1) is 0 Å². The topological polar surface area (TPSA) is 66.4 Å². The van der Waals surface area contributed by atoms with Gasteiger partial charge < -0.3 is 10.4 Å². The second-order valence-corrected chi connectivity index (χ2v) is 5.11. The molecule has 0 aliphatic heterocycles. The van der Waals surface area contributed by atoms with Crippen LogP contribution in [0.15, 0.2) is 30.3 Å². The van der Waals surface area contributed by atoms with Gasteiger partial charge in [-0.1, -0.05) is 57.5 Å². The first-order valence-electron chi connectivity index (χ1n) is 7.08. The summed E-state index contributed by atoms with van der Waals surface area (Å²) < 4.78 is 0. The summed E-state index contributed by atoms with van der Waals surface area (Å²) in [5.41, 5.74) is -0.743. The molecule has 1 aromatic rings. The maximum atomic E-state index is 12.2. The van der Waals surface area contributed by atoms with Gasteiger partial charge in [-0.2, -0.15) is 0 Å². The van der Waals surface area contributed by atoms with E-state index < -0.39 is 11.5 Å². The van der Waals surface area contributed by atoms with Gasteiger partial charge in [-0.25, -0.2) is 4.79 Å². The molecule has 2 N–H and O–H groups in total. The summed E-state index contributed by atoms with van der Waals surface area (Å²) in [6.07, 6.45) is 1.95. The number of carbonyl (C=O) groups excluding carboxylic acids is 1. The van der Waals surface area contributed by atoms with Crippen molar-refractivity contribution in [2.75, 3.05) is 0 Å². The summed E-state index contributed by atoms with van der Waals surface area (Å²) in [4.78, 5) is 24.0. The third-order valence-electron chi connectivity index (χ3n) is 3.67. The van der Waals surface area contributed by atoms with Crippen molar-refractivity contribution < 1.29 is 14.7 Å². The fourth-order valence-corrected chi connectivity index (χ4v) is 2.31. The molecule has 110 valence electrons. The van der Waals surface area contributed by atoms with E-state index >= 15 is 0 Å². The first-order chi connectivity index (χ1) is 9.47. The second-order valence-electron chi connectivity index (χ2n) is 5.11. The van der Waals surface area contributed by atoms with Gasteiger partial charge in [-0.05, 0) is 18.4 Å². The lowest BCUT2D eigenvalue weighted by molar-refractivity contribution is -0.149. The number of benzene rings is 1. The molecule has 0 fully saturated rings. The van der Waals surface area contributed by atoms with Crippen LogP contribution in [0.25, 0.3) is 0 Å². The average Bonchev–Trinajstić information content (AvgIpc) is 2.45. The van der Waals surface area contributed by atoms with Crippen molar-refractivity contribution in [1.82, 2.24) is 5.32 Å². The highest BCUT2D eigenvalue weighted by Crippen LogP contribution is 2.26. The molecule has 1 amide bonds. The molecule has 4 heteroatoms. The summed E-state index contributed by atoms with van der Waals surface area (Å²) in [6, 6.07) is 8.87. The second kappa shape index (κ2) is 7.08. The molecule has 2 atom stereocenters. The van der Waals surface area contributed by atoms with E-state index in [9.17, 15) is 14.7 Å². The molecule has 2 unspecified atom stereocenters. The zero-order chi connectivity index (χ0) is 15.2. The number of amides is 1.